The fourth-order valence-electron chi connectivity index (χ4n) is 1.68. The normalized spacial score (nSPS) is 16.6. The van der Waals surface area contributed by atoms with Gasteiger partial charge in [-0.15, -0.1) is 0 Å². The van der Waals surface area contributed by atoms with Crippen LogP contribution in [0, 0.1) is 5.41 Å². The minimum absolute atomic E-state index is 0.0974. The molecule has 0 atom stereocenters. The van der Waals surface area contributed by atoms with Crippen LogP contribution in [0.1, 0.15) is 23.2 Å². The third-order valence-electron chi connectivity index (χ3n) is 3.10. The highest BCUT2D eigenvalue weighted by molar-refractivity contribution is 6.31. The number of aliphatic hydroxyl groups excluding tert-OH is 1. The lowest BCUT2D eigenvalue weighted by Gasteiger charge is -2.13. The Morgan fingerprint density at radius 3 is 2.71 bits per heavy atom. The highest BCUT2D eigenvalue weighted by Crippen LogP contribution is 2.44. The summed E-state index contributed by atoms with van der Waals surface area (Å²) in [7, 11) is 0. The summed E-state index contributed by atoms with van der Waals surface area (Å²) in [5.41, 5.74) is 6.43. The number of hydrogen-bond donors (Lipinski definition) is 3. The van der Waals surface area contributed by atoms with E-state index in [2.05, 4.69) is 5.32 Å². The van der Waals surface area contributed by atoms with Crippen molar-refractivity contribution < 1.29 is 9.90 Å². The minimum Gasteiger partial charge on any atom is -0.399 e. The molecule has 0 radical (unpaired) electrons. The van der Waals surface area contributed by atoms with Crippen LogP contribution >= 0.6 is 11.6 Å². The number of carbonyl (C=O) groups is 1. The molecule has 0 aliphatic heterocycles. The number of nitrogens with one attached hydrogen (secondary N) is 1. The molecule has 0 spiro atoms. The van der Waals surface area contributed by atoms with E-state index in [1.54, 1.807) is 18.2 Å². The maximum absolute atomic E-state index is 11.8. The van der Waals surface area contributed by atoms with Crippen LogP contribution in [0.2, 0.25) is 5.02 Å². The predicted molar refractivity (Wildman–Crippen MR) is 67.0 cm³/mol. The average Bonchev–Trinajstić information content (AvgIpc) is 3.05. The zero-order valence-electron chi connectivity index (χ0n) is 9.37. The van der Waals surface area contributed by atoms with Gasteiger partial charge >= 0.3 is 0 Å². The van der Waals surface area contributed by atoms with Gasteiger partial charge in [0.15, 0.2) is 0 Å². The summed E-state index contributed by atoms with van der Waals surface area (Å²) in [6.45, 7) is 0.611. The van der Waals surface area contributed by atoms with Crippen molar-refractivity contribution in [2.75, 3.05) is 18.9 Å². The summed E-state index contributed by atoms with van der Waals surface area (Å²) in [5.74, 6) is -0.209. The molecule has 92 valence electrons. The molecule has 0 aromatic heterocycles. The van der Waals surface area contributed by atoms with Gasteiger partial charge in [-0.1, -0.05) is 11.6 Å². The van der Waals surface area contributed by atoms with E-state index < -0.39 is 0 Å². The van der Waals surface area contributed by atoms with Gasteiger partial charge in [-0.3, -0.25) is 4.79 Å². The Balaban J connectivity index is 1.99. The van der Waals surface area contributed by atoms with Crippen molar-refractivity contribution in [1.82, 2.24) is 5.32 Å². The fraction of sp³-hybridized carbons (Fsp3) is 0.417. The molecule has 0 bridgehead atoms. The van der Waals surface area contributed by atoms with Crippen molar-refractivity contribution >= 4 is 23.2 Å². The molecule has 4 nitrogen and oxygen atoms in total. The van der Waals surface area contributed by atoms with E-state index in [4.69, 9.17) is 22.4 Å². The van der Waals surface area contributed by atoms with E-state index in [0.717, 1.165) is 12.8 Å². The first-order valence-electron chi connectivity index (χ1n) is 5.50. The van der Waals surface area contributed by atoms with Crippen LogP contribution in [-0.2, 0) is 0 Å². The molecule has 4 N–H and O–H groups in total. The number of aliphatic hydroxyl groups is 1. The monoisotopic (exact) mass is 254 g/mol. The number of hydrogen-bond acceptors (Lipinski definition) is 3. The molecule has 1 aromatic carbocycles. The Bertz CT molecular complexity index is 424. The van der Waals surface area contributed by atoms with Crippen LogP contribution in [0.15, 0.2) is 18.2 Å². The second kappa shape index (κ2) is 4.55. The van der Waals surface area contributed by atoms with Gasteiger partial charge in [-0.25, -0.2) is 0 Å². The van der Waals surface area contributed by atoms with Crippen molar-refractivity contribution in [1.29, 1.82) is 0 Å². The number of benzene rings is 1. The zero-order valence-corrected chi connectivity index (χ0v) is 10.1. The summed E-state index contributed by atoms with van der Waals surface area (Å²) in [6, 6.07) is 4.75. The molecular weight excluding hydrogens is 240 g/mol. The predicted octanol–water partition coefficient (Wildman–Crippen LogP) is 1.42. The first-order chi connectivity index (χ1) is 8.04. The lowest BCUT2D eigenvalue weighted by Crippen LogP contribution is -2.31. The van der Waals surface area contributed by atoms with Crippen LogP contribution in [0.4, 0.5) is 5.69 Å². The molecule has 1 aliphatic carbocycles. The molecule has 1 fully saturated rings. The van der Waals surface area contributed by atoms with Crippen LogP contribution in [-0.4, -0.2) is 24.2 Å². The third-order valence-corrected chi connectivity index (χ3v) is 3.32. The van der Waals surface area contributed by atoms with Gasteiger partial charge in [0.05, 0.1) is 6.61 Å². The van der Waals surface area contributed by atoms with Gasteiger partial charge in [-0.05, 0) is 31.0 Å². The largest absolute Gasteiger partial charge is 0.399 e. The van der Waals surface area contributed by atoms with Crippen molar-refractivity contribution in [3.63, 3.8) is 0 Å². The number of nitrogen functional groups attached to an aromatic ring is 1. The maximum Gasteiger partial charge on any atom is 0.251 e. The molecule has 0 heterocycles. The minimum atomic E-state index is -0.209. The first-order valence-corrected chi connectivity index (χ1v) is 5.88. The van der Waals surface area contributed by atoms with Gasteiger partial charge in [0.1, 0.15) is 0 Å². The molecule has 2 rings (SSSR count). The number of rotatable bonds is 4. The van der Waals surface area contributed by atoms with Crippen molar-refractivity contribution in [2.24, 2.45) is 5.41 Å². The second-order valence-corrected chi connectivity index (χ2v) is 5.05. The molecule has 17 heavy (non-hydrogen) atoms. The summed E-state index contributed by atoms with van der Waals surface area (Å²) in [4.78, 5) is 11.8. The van der Waals surface area contributed by atoms with Gasteiger partial charge in [0, 0.05) is 28.2 Å². The van der Waals surface area contributed by atoms with Crippen LogP contribution in [0.25, 0.3) is 0 Å². The summed E-state index contributed by atoms with van der Waals surface area (Å²) in [6.07, 6.45) is 1.92. The molecule has 1 saturated carbocycles. The Kier molecular flexibility index (Phi) is 3.26. The molecule has 5 heteroatoms. The Hall–Kier alpha value is -1.26. The van der Waals surface area contributed by atoms with Gasteiger partial charge in [0.2, 0.25) is 0 Å². The number of anilines is 1. The Labute approximate surface area is 105 Å². The summed E-state index contributed by atoms with van der Waals surface area (Å²) < 4.78 is 0. The van der Waals surface area contributed by atoms with E-state index in [-0.39, 0.29) is 17.9 Å². The number of nitrogens with two attached hydrogens (primary N) is 1. The molecule has 1 aromatic rings. The van der Waals surface area contributed by atoms with Crippen molar-refractivity contribution in [3.05, 3.63) is 28.8 Å². The third kappa shape index (κ3) is 2.90. The summed E-state index contributed by atoms with van der Waals surface area (Å²) in [5, 5.41) is 12.4. The van der Waals surface area contributed by atoms with Crippen LogP contribution in [0.3, 0.4) is 0 Å². The van der Waals surface area contributed by atoms with E-state index >= 15 is 0 Å². The molecule has 0 saturated heterocycles. The molecule has 1 aliphatic rings. The second-order valence-electron chi connectivity index (χ2n) is 4.61. The SMILES string of the molecule is Nc1cc(Cl)cc(C(=O)NCC2(CO)CC2)c1. The van der Waals surface area contributed by atoms with Gasteiger partial charge < -0.3 is 16.2 Å². The standard InChI is InChI=1S/C12H15ClN2O2/c13-9-3-8(4-10(14)5-9)11(17)15-6-12(7-16)1-2-12/h3-5,16H,1-2,6-7,14H2,(H,15,17). The van der Waals surface area contributed by atoms with Crippen molar-refractivity contribution in [3.8, 4) is 0 Å². The van der Waals surface area contributed by atoms with E-state index in [0.29, 0.717) is 22.8 Å². The highest BCUT2D eigenvalue weighted by Gasteiger charge is 2.42. The topological polar surface area (TPSA) is 75.4 Å². The van der Waals surface area contributed by atoms with E-state index in [1.165, 1.54) is 0 Å². The van der Waals surface area contributed by atoms with Gasteiger partial charge in [-0.2, -0.15) is 0 Å². The highest BCUT2D eigenvalue weighted by atomic mass is 35.5. The zero-order chi connectivity index (χ0) is 12.5. The fourth-order valence-corrected chi connectivity index (χ4v) is 1.92. The Morgan fingerprint density at radius 1 is 1.47 bits per heavy atom. The maximum atomic E-state index is 11.8. The lowest BCUT2D eigenvalue weighted by atomic mass is 10.1. The lowest BCUT2D eigenvalue weighted by molar-refractivity contribution is 0.0935. The first kappa shape index (κ1) is 12.2. The smallest absolute Gasteiger partial charge is 0.251 e. The van der Waals surface area contributed by atoms with Crippen LogP contribution in [0.5, 0.6) is 0 Å². The summed E-state index contributed by atoms with van der Waals surface area (Å²) >= 11 is 5.82. The number of carbonyl (C=O) groups excluding carboxylic acids is 1. The van der Waals surface area contributed by atoms with Gasteiger partial charge in [0.25, 0.3) is 5.91 Å². The van der Waals surface area contributed by atoms with E-state index in [1.807, 2.05) is 0 Å². The average molecular weight is 255 g/mol. The quantitative estimate of drug-likeness (QED) is 0.712. The van der Waals surface area contributed by atoms with Crippen molar-refractivity contribution in [2.45, 2.75) is 12.8 Å². The molecule has 0 unspecified atom stereocenters. The van der Waals surface area contributed by atoms with E-state index in [9.17, 15) is 4.79 Å². The number of amides is 1. The molecular formula is C12H15ClN2O2. The Morgan fingerprint density at radius 2 is 2.18 bits per heavy atom. The molecule has 1 amide bonds. The number of halogens is 1. The van der Waals surface area contributed by atoms with Crippen LogP contribution < -0.4 is 11.1 Å².